The van der Waals surface area contributed by atoms with Crippen LogP contribution in [0.4, 0.5) is 11.4 Å². The molecule has 146 valence electrons. The zero-order valence-electron chi connectivity index (χ0n) is 17.1. The molecule has 0 saturated carbocycles. The Morgan fingerprint density at radius 2 is 1.69 bits per heavy atom. The average Bonchev–Trinajstić information content (AvgIpc) is 2.57. The molecule has 0 aliphatic carbocycles. The third-order valence-electron chi connectivity index (χ3n) is 4.48. The zero-order valence-corrected chi connectivity index (χ0v) is 17.1. The molecule has 0 aliphatic heterocycles. The van der Waals surface area contributed by atoms with Crippen molar-refractivity contribution in [2.45, 2.75) is 34.1 Å². The molecule has 6 heteroatoms. The molecule has 0 saturated heterocycles. The van der Waals surface area contributed by atoms with E-state index in [0.29, 0.717) is 19.5 Å². The first-order chi connectivity index (χ1) is 12.3. The predicted molar refractivity (Wildman–Crippen MR) is 109 cm³/mol. The van der Waals surface area contributed by atoms with Crippen molar-refractivity contribution in [3.63, 3.8) is 0 Å². The van der Waals surface area contributed by atoms with E-state index >= 15 is 0 Å². The Labute approximate surface area is 158 Å². The lowest BCUT2D eigenvalue weighted by molar-refractivity contribution is -0.129. The maximum absolute atomic E-state index is 12.3. The Morgan fingerprint density at radius 1 is 1.04 bits per heavy atom. The van der Waals surface area contributed by atoms with Gasteiger partial charge in [0.15, 0.2) is 0 Å². The van der Waals surface area contributed by atoms with Crippen LogP contribution >= 0.6 is 0 Å². The van der Waals surface area contributed by atoms with Crippen molar-refractivity contribution in [1.29, 1.82) is 0 Å². The summed E-state index contributed by atoms with van der Waals surface area (Å²) in [6.07, 6.45) is 0.296. The van der Waals surface area contributed by atoms with Gasteiger partial charge in [0.05, 0.1) is 0 Å². The van der Waals surface area contributed by atoms with Gasteiger partial charge in [0, 0.05) is 57.4 Å². The van der Waals surface area contributed by atoms with Crippen LogP contribution in [-0.4, -0.2) is 68.4 Å². The van der Waals surface area contributed by atoms with E-state index in [4.69, 9.17) is 0 Å². The highest BCUT2D eigenvalue weighted by molar-refractivity contribution is 5.92. The molecule has 1 aromatic carbocycles. The highest BCUT2D eigenvalue weighted by Crippen LogP contribution is 2.22. The number of anilines is 2. The van der Waals surface area contributed by atoms with Crippen molar-refractivity contribution in [3.05, 3.63) is 23.8 Å². The quantitative estimate of drug-likeness (QED) is 0.695. The molecule has 0 bridgehead atoms. The van der Waals surface area contributed by atoms with Gasteiger partial charge >= 0.3 is 0 Å². The van der Waals surface area contributed by atoms with Gasteiger partial charge in [-0.15, -0.1) is 0 Å². The molecular formula is C20H34N4O2. The Bertz CT molecular complexity index is 597. The van der Waals surface area contributed by atoms with E-state index in [1.807, 2.05) is 38.1 Å². The van der Waals surface area contributed by atoms with Crippen LogP contribution in [0.25, 0.3) is 0 Å². The lowest BCUT2D eigenvalue weighted by atomic mass is 10.1. The number of carbonyl (C=O) groups is 2. The SMILES string of the molecule is CCN(CC)c1ccc(NC(=O)CCN(CCN(C)C)C(C)=O)c(C)c1. The summed E-state index contributed by atoms with van der Waals surface area (Å²) in [6.45, 7) is 11.6. The van der Waals surface area contributed by atoms with Crippen LogP contribution in [0.5, 0.6) is 0 Å². The van der Waals surface area contributed by atoms with Crippen molar-refractivity contribution in [2.24, 2.45) is 0 Å². The van der Waals surface area contributed by atoms with E-state index in [1.54, 1.807) is 11.8 Å². The summed E-state index contributed by atoms with van der Waals surface area (Å²) in [6, 6.07) is 6.09. The van der Waals surface area contributed by atoms with Crippen molar-refractivity contribution >= 4 is 23.2 Å². The lowest BCUT2D eigenvalue weighted by Gasteiger charge is -2.23. The topological polar surface area (TPSA) is 55.9 Å². The monoisotopic (exact) mass is 362 g/mol. The standard InChI is InChI=1S/C20H34N4O2/c1-7-23(8-2)18-9-10-19(16(3)15-18)21-20(26)11-12-24(17(4)25)14-13-22(5)6/h9-10,15H,7-8,11-14H2,1-6H3,(H,21,26). The van der Waals surface area contributed by atoms with Crippen LogP contribution < -0.4 is 10.2 Å². The fourth-order valence-corrected chi connectivity index (χ4v) is 2.77. The van der Waals surface area contributed by atoms with Gasteiger partial charge in [-0.3, -0.25) is 9.59 Å². The molecule has 0 fully saturated rings. The molecule has 0 unspecified atom stereocenters. The van der Waals surface area contributed by atoms with Crippen LogP contribution in [0.15, 0.2) is 18.2 Å². The van der Waals surface area contributed by atoms with E-state index < -0.39 is 0 Å². The number of benzene rings is 1. The number of carbonyl (C=O) groups excluding carboxylic acids is 2. The molecular weight excluding hydrogens is 328 g/mol. The number of nitrogens with one attached hydrogen (secondary N) is 1. The highest BCUT2D eigenvalue weighted by Gasteiger charge is 2.13. The second kappa shape index (κ2) is 10.8. The van der Waals surface area contributed by atoms with Crippen LogP contribution in [0, 0.1) is 6.92 Å². The van der Waals surface area contributed by atoms with Crippen molar-refractivity contribution in [1.82, 2.24) is 9.80 Å². The van der Waals surface area contributed by atoms with Gasteiger partial charge in [-0.2, -0.15) is 0 Å². The summed E-state index contributed by atoms with van der Waals surface area (Å²) in [5.41, 5.74) is 3.03. The molecule has 2 amide bonds. The van der Waals surface area contributed by atoms with E-state index in [9.17, 15) is 9.59 Å². The molecule has 1 rings (SSSR count). The van der Waals surface area contributed by atoms with Gasteiger partial charge < -0.3 is 20.0 Å². The first kappa shape index (κ1) is 22.0. The summed E-state index contributed by atoms with van der Waals surface area (Å²) in [5, 5.41) is 2.97. The third-order valence-corrected chi connectivity index (χ3v) is 4.48. The van der Waals surface area contributed by atoms with Crippen LogP contribution in [0.1, 0.15) is 32.8 Å². The Balaban J connectivity index is 2.63. The smallest absolute Gasteiger partial charge is 0.226 e. The van der Waals surface area contributed by atoms with Gasteiger partial charge in [0.25, 0.3) is 0 Å². The molecule has 1 N–H and O–H groups in total. The van der Waals surface area contributed by atoms with Gasteiger partial charge in [-0.05, 0) is 58.6 Å². The predicted octanol–water partition coefficient (Wildman–Crippen LogP) is 2.58. The van der Waals surface area contributed by atoms with Crippen molar-refractivity contribution in [3.8, 4) is 0 Å². The lowest BCUT2D eigenvalue weighted by Crippen LogP contribution is -2.37. The van der Waals surface area contributed by atoms with Crippen LogP contribution in [0.2, 0.25) is 0 Å². The molecule has 0 aliphatic rings. The second-order valence-corrected chi connectivity index (χ2v) is 6.78. The number of hydrogen-bond donors (Lipinski definition) is 1. The second-order valence-electron chi connectivity index (χ2n) is 6.78. The Morgan fingerprint density at radius 3 is 2.19 bits per heavy atom. The van der Waals surface area contributed by atoms with E-state index in [-0.39, 0.29) is 11.8 Å². The van der Waals surface area contributed by atoms with Gasteiger partial charge in [0.1, 0.15) is 0 Å². The molecule has 0 atom stereocenters. The van der Waals surface area contributed by atoms with Gasteiger partial charge in [-0.25, -0.2) is 0 Å². The molecule has 0 spiro atoms. The van der Waals surface area contributed by atoms with Gasteiger partial charge in [-0.1, -0.05) is 0 Å². The fourth-order valence-electron chi connectivity index (χ4n) is 2.77. The first-order valence-corrected chi connectivity index (χ1v) is 9.34. The van der Waals surface area contributed by atoms with E-state index in [1.165, 1.54) is 0 Å². The van der Waals surface area contributed by atoms with Crippen LogP contribution in [-0.2, 0) is 9.59 Å². The minimum Gasteiger partial charge on any atom is -0.372 e. The third kappa shape index (κ3) is 7.04. The summed E-state index contributed by atoms with van der Waals surface area (Å²) < 4.78 is 0. The number of aryl methyl sites for hydroxylation is 1. The summed E-state index contributed by atoms with van der Waals surface area (Å²) in [5.74, 6) is -0.0702. The minimum absolute atomic E-state index is 0.000550. The molecule has 26 heavy (non-hydrogen) atoms. The van der Waals surface area contributed by atoms with E-state index in [2.05, 4.69) is 30.1 Å². The number of likely N-dealkylation sites (N-methyl/N-ethyl adjacent to an activating group) is 1. The largest absolute Gasteiger partial charge is 0.372 e. The normalized spacial score (nSPS) is 10.7. The van der Waals surface area contributed by atoms with E-state index in [0.717, 1.165) is 36.6 Å². The summed E-state index contributed by atoms with van der Waals surface area (Å²) >= 11 is 0. The average molecular weight is 363 g/mol. The molecule has 0 aromatic heterocycles. The number of amides is 2. The summed E-state index contributed by atoms with van der Waals surface area (Å²) in [7, 11) is 3.94. The Hall–Kier alpha value is -2.08. The van der Waals surface area contributed by atoms with Crippen LogP contribution in [0.3, 0.4) is 0 Å². The van der Waals surface area contributed by atoms with Crippen molar-refractivity contribution < 1.29 is 9.59 Å². The molecule has 1 aromatic rings. The molecule has 6 nitrogen and oxygen atoms in total. The van der Waals surface area contributed by atoms with Crippen molar-refractivity contribution in [2.75, 3.05) is 57.0 Å². The fraction of sp³-hybridized carbons (Fsp3) is 0.600. The maximum atomic E-state index is 12.3. The highest BCUT2D eigenvalue weighted by atomic mass is 16.2. The number of hydrogen-bond acceptors (Lipinski definition) is 4. The number of rotatable bonds is 10. The zero-order chi connectivity index (χ0) is 19.7. The summed E-state index contributed by atoms with van der Waals surface area (Å²) in [4.78, 5) is 30.0. The number of nitrogens with zero attached hydrogens (tertiary/aromatic N) is 3. The first-order valence-electron chi connectivity index (χ1n) is 9.34. The Kier molecular flexibility index (Phi) is 9.13. The maximum Gasteiger partial charge on any atom is 0.226 e. The minimum atomic E-state index is -0.0696. The molecule has 0 radical (unpaired) electrons. The van der Waals surface area contributed by atoms with Gasteiger partial charge in [0.2, 0.25) is 11.8 Å². The molecule has 0 heterocycles.